The van der Waals surface area contributed by atoms with Gasteiger partial charge in [-0.25, -0.2) is 4.79 Å². The summed E-state index contributed by atoms with van der Waals surface area (Å²) in [6.07, 6.45) is 1.65. The second-order valence-corrected chi connectivity index (χ2v) is 7.72. The Kier molecular flexibility index (Phi) is 8.90. The fourth-order valence-electron chi connectivity index (χ4n) is 2.57. The molecule has 0 amide bonds. The van der Waals surface area contributed by atoms with Gasteiger partial charge in [-0.05, 0) is 34.9 Å². The Hall–Kier alpha value is -3.03. The Morgan fingerprint density at radius 2 is 1.71 bits per heavy atom. The lowest BCUT2D eigenvalue weighted by Crippen LogP contribution is -2.41. The number of esters is 1. The molecule has 1 unspecified atom stereocenters. The first-order valence-electron chi connectivity index (χ1n) is 9.81. The molecule has 0 N–H and O–H groups in total. The standard InChI is InChI=1S/C21H25N2O7P/c1-4-16(5-2)15-28-20(24)21(3,22-31(27)30-19-9-7-6-8-10-19)29-18-13-11-17(12-14-18)23(25)26/h6-14,16H,4-5,15H2,1-3H3/t21-/m0/s1. The van der Waals surface area contributed by atoms with E-state index < -0.39 is 24.8 Å². The van der Waals surface area contributed by atoms with Crippen molar-refractivity contribution >= 4 is 19.8 Å². The number of nitrogens with zero attached hydrogens (tertiary/aromatic N) is 2. The van der Waals surface area contributed by atoms with Crippen molar-refractivity contribution in [2.75, 3.05) is 6.61 Å². The Bertz CT molecular complexity index is 902. The van der Waals surface area contributed by atoms with E-state index in [2.05, 4.69) is 4.74 Å². The summed E-state index contributed by atoms with van der Waals surface area (Å²) in [4.78, 5) is 35.6. The molecule has 0 heterocycles. The predicted octanol–water partition coefficient (Wildman–Crippen LogP) is 4.60. The van der Waals surface area contributed by atoms with Gasteiger partial charge in [0, 0.05) is 19.1 Å². The zero-order chi connectivity index (χ0) is 22.9. The summed E-state index contributed by atoms with van der Waals surface area (Å²) in [6.45, 7) is 5.45. The maximum absolute atomic E-state index is 12.8. The predicted molar refractivity (Wildman–Crippen MR) is 114 cm³/mol. The molecule has 0 spiro atoms. The van der Waals surface area contributed by atoms with Crippen molar-refractivity contribution in [2.45, 2.75) is 39.3 Å². The minimum absolute atomic E-state index is 0.124. The highest BCUT2D eigenvalue weighted by Gasteiger charge is 2.42. The molecular weight excluding hydrogens is 423 g/mol. The zero-order valence-electron chi connectivity index (χ0n) is 17.6. The first-order valence-corrected chi connectivity index (χ1v) is 10.9. The second kappa shape index (κ2) is 11.4. The highest BCUT2D eigenvalue weighted by atomic mass is 31.1. The van der Waals surface area contributed by atoms with Gasteiger partial charge in [0.05, 0.1) is 11.5 Å². The van der Waals surface area contributed by atoms with Gasteiger partial charge in [-0.3, -0.25) is 14.6 Å². The maximum atomic E-state index is 12.8. The van der Waals surface area contributed by atoms with Gasteiger partial charge in [0.15, 0.2) is 5.75 Å². The Morgan fingerprint density at radius 3 is 2.26 bits per heavy atom. The van der Waals surface area contributed by atoms with Crippen LogP contribution in [0.2, 0.25) is 0 Å². The van der Waals surface area contributed by atoms with E-state index in [0.717, 1.165) is 12.8 Å². The van der Waals surface area contributed by atoms with E-state index in [0.29, 0.717) is 5.75 Å². The van der Waals surface area contributed by atoms with Crippen molar-refractivity contribution in [3.8, 4) is 11.5 Å². The number of nitro groups is 1. The highest BCUT2D eigenvalue weighted by molar-refractivity contribution is 7.34. The number of rotatable bonds is 11. The molecule has 166 valence electrons. The Labute approximate surface area is 181 Å². The van der Waals surface area contributed by atoms with E-state index >= 15 is 0 Å². The molecule has 2 rings (SSSR count). The van der Waals surface area contributed by atoms with Crippen LogP contribution >= 0.6 is 8.17 Å². The van der Waals surface area contributed by atoms with Crippen LogP contribution in [0.3, 0.4) is 0 Å². The molecule has 10 heteroatoms. The third-order valence-corrected chi connectivity index (χ3v) is 5.46. The molecule has 0 aromatic heterocycles. The van der Waals surface area contributed by atoms with Crippen LogP contribution in [-0.2, 0) is 9.53 Å². The summed E-state index contributed by atoms with van der Waals surface area (Å²) >= 11 is 0. The van der Waals surface area contributed by atoms with E-state index in [-0.39, 0.29) is 24.0 Å². The molecule has 0 aliphatic rings. The molecule has 0 bridgehead atoms. The van der Waals surface area contributed by atoms with E-state index in [1.807, 2.05) is 13.8 Å². The molecule has 0 radical (unpaired) electrons. The van der Waals surface area contributed by atoms with Gasteiger partial charge in [-0.15, -0.1) is 0 Å². The van der Waals surface area contributed by atoms with E-state index in [9.17, 15) is 19.8 Å². The Morgan fingerprint density at radius 1 is 1.10 bits per heavy atom. The zero-order valence-corrected chi connectivity index (χ0v) is 18.5. The number of carbonyl (C=O) groups is 1. The molecule has 31 heavy (non-hydrogen) atoms. The summed E-state index contributed by atoms with van der Waals surface area (Å²) < 4.78 is 20.3. The summed E-state index contributed by atoms with van der Waals surface area (Å²) in [5.41, 5.74) is -2.12. The highest BCUT2D eigenvalue weighted by Crippen LogP contribution is 2.31. The van der Waals surface area contributed by atoms with Crippen molar-refractivity contribution in [1.29, 1.82) is 0 Å². The minimum atomic E-state index is -2.68. The minimum Gasteiger partial charge on any atom is -0.575 e. The molecule has 0 saturated carbocycles. The van der Waals surface area contributed by atoms with Crippen LogP contribution in [0.1, 0.15) is 33.6 Å². The molecule has 2 atom stereocenters. The summed E-state index contributed by atoms with van der Waals surface area (Å²) in [6, 6.07) is 13.5. The molecule has 0 aliphatic heterocycles. The van der Waals surface area contributed by atoms with Crippen molar-refractivity contribution in [2.24, 2.45) is 10.7 Å². The van der Waals surface area contributed by atoms with Crippen molar-refractivity contribution < 1.29 is 28.6 Å². The quantitative estimate of drug-likeness (QED) is 0.213. The SMILES string of the molecule is CCC(CC)COC(=O)[C@@](C)(N=[P+]([O-])Oc1ccccc1)Oc1ccc([N+](=O)[O-])cc1. The van der Waals surface area contributed by atoms with E-state index in [4.69, 9.17) is 14.0 Å². The number of nitro benzene ring substituents is 1. The average molecular weight is 448 g/mol. The molecule has 0 fully saturated rings. The van der Waals surface area contributed by atoms with Gasteiger partial charge in [0.25, 0.3) is 5.69 Å². The van der Waals surface area contributed by atoms with Crippen molar-refractivity contribution in [3.63, 3.8) is 0 Å². The third kappa shape index (κ3) is 7.31. The summed E-state index contributed by atoms with van der Waals surface area (Å²) in [5, 5.41) is 10.8. The average Bonchev–Trinajstić information content (AvgIpc) is 2.75. The molecule has 2 aromatic rings. The fourth-order valence-corrected chi connectivity index (χ4v) is 3.34. The van der Waals surface area contributed by atoms with Crippen LogP contribution in [0.15, 0.2) is 59.3 Å². The van der Waals surface area contributed by atoms with Crippen LogP contribution in [0.5, 0.6) is 11.5 Å². The molecule has 0 aliphatic carbocycles. The molecular formula is C21H25N2O7P. The fraction of sp³-hybridized carbons (Fsp3) is 0.381. The third-order valence-electron chi connectivity index (χ3n) is 4.55. The lowest BCUT2D eigenvalue weighted by Gasteiger charge is -2.23. The topological polar surface area (TPSA) is 123 Å². The normalized spacial score (nSPS) is 13.4. The smallest absolute Gasteiger partial charge is 0.399 e. The molecule has 0 saturated heterocycles. The number of ether oxygens (including phenoxy) is 2. The Balaban J connectivity index is 2.27. The van der Waals surface area contributed by atoms with Gasteiger partial charge in [0.1, 0.15) is 5.75 Å². The van der Waals surface area contributed by atoms with Gasteiger partial charge in [-0.1, -0.05) is 44.9 Å². The van der Waals surface area contributed by atoms with Crippen LogP contribution in [0.4, 0.5) is 5.69 Å². The second-order valence-electron chi connectivity index (χ2n) is 6.86. The summed E-state index contributed by atoms with van der Waals surface area (Å²) in [7, 11) is -2.68. The lowest BCUT2D eigenvalue weighted by molar-refractivity contribution is -0.384. The first-order chi connectivity index (χ1) is 14.8. The van der Waals surface area contributed by atoms with E-state index in [1.54, 1.807) is 30.3 Å². The number of benzene rings is 2. The molecule has 9 nitrogen and oxygen atoms in total. The van der Waals surface area contributed by atoms with Gasteiger partial charge in [-0.2, -0.15) is 0 Å². The van der Waals surface area contributed by atoms with Crippen LogP contribution in [0, 0.1) is 16.0 Å². The number of non-ortho nitro benzene ring substituents is 1. The monoisotopic (exact) mass is 448 g/mol. The number of para-hydroxylation sites is 1. The summed E-state index contributed by atoms with van der Waals surface area (Å²) in [5.74, 6) is -0.227. The van der Waals surface area contributed by atoms with Crippen molar-refractivity contribution in [1.82, 2.24) is 0 Å². The number of hydrogen-bond acceptors (Lipinski definition) is 8. The van der Waals surface area contributed by atoms with Crippen molar-refractivity contribution in [3.05, 3.63) is 64.7 Å². The van der Waals surface area contributed by atoms with Crippen LogP contribution < -0.4 is 14.2 Å². The first kappa shape index (κ1) is 24.2. The number of carbonyl (C=O) groups excluding carboxylic acids is 1. The maximum Gasteiger partial charge on any atom is 0.399 e. The van der Waals surface area contributed by atoms with Gasteiger partial charge >= 0.3 is 19.9 Å². The molecule has 2 aromatic carbocycles. The van der Waals surface area contributed by atoms with Gasteiger partial charge in [0.2, 0.25) is 0 Å². The van der Waals surface area contributed by atoms with Crippen LogP contribution in [0.25, 0.3) is 0 Å². The largest absolute Gasteiger partial charge is 0.575 e. The van der Waals surface area contributed by atoms with Crippen LogP contribution in [-0.4, -0.2) is 23.2 Å². The van der Waals surface area contributed by atoms with E-state index in [1.165, 1.54) is 31.2 Å². The number of hydrogen-bond donors (Lipinski definition) is 0. The van der Waals surface area contributed by atoms with Gasteiger partial charge < -0.3 is 14.4 Å². The lowest BCUT2D eigenvalue weighted by atomic mass is 10.1.